The van der Waals surface area contributed by atoms with Gasteiger partial charge in [0.05, 0.1) is 12.6 Å². The molecule has 0 aliphatic carbocycles. The standard InChI is InChI=1S/C14H23NO/c1-4-5-9-16-11-14(15-3)13-8-6-7-12(2)10-13/h6-8,10,14-15H,4-5,9,11H2,1-3H3. The summed E-state index contributed by atoms with van der Waals surface area (Å²) < 4.78 is 5.66. The number of likely N-dealkylation sites (N-methyl/N-ethyl adjacent to an activating group) is 1. The number of nitrogens with one attached hydrogen (secondary N) is 1. The zero-order chi connectivity index (χ0) is 11.8. The minimum Gasteiger partial charge on any atom is -0.379 e. The van der Waals surface area contributed by atoms with Crippen molar-refractivity contribution in [3.05, 3.63) is 35.4 Å². The largest absolute Gasteiger partial charge is 0.379 e. The number of rotatable bonds is 7. The van der Waals surface area contributed by atoms with Crippen molar-refractivity contribution in [1.82, 2.24) is 5.32 Å². The van der Waals surface area contributed by atoms with Crippen molar-refractivity contribution in [2.24, 2.45) is 0 Å². The highest BCUT2D eigenvalue weighted by atomic mass is 16.5. The molecule has 0 aromatic heterocycles. The number of benzene rings is 1. The second-order valence-corrected chi connectivity index (χ2v) is 4.18. The molecule has 0 amide bonds. The summed E-state index contributed by atoms with van der Waals surface area (Å²) in [6, 6.07) is 8.88. The van der Waals surface area contributed by atoms with Gasteiger partial charge in [-0.3, -0.25) is 0 Å². The number of ether oxygens (including phenoxy) is 1. The van der Waals surface area contributed by atoms with Crippen LogP contribution < -0.4 is 5.32 Å². The highest BCUT2D eigenvalue weighted by Gasteiger charge is 2.08. The van der Waals surface area contributed by atoms with Gasteiger partial charge in [-0.15, -0.1) is 0 Å². The highest BCUT2D eigenvalue weighted by molar-refractivity contribution is 5.25. The van der Waals surface area contributed by atoms with Crippen LogP contribution in [0.2, 0.25) is 0 Å². The van der Waals surface area contributed by atoms with Crippen molar-refractivity contribution in [1.29, 1.82) is 0 Å². The van der Waals surface area contributed by atoms with Crippen LogP contribution in [0, 0.1) is 6.92 Å². The number of unbranched alkanes of at least 4 members (excludes halogenated alkanes) is 1. The third-order valence-electron chi connectivity index (χ3n) is 2.72. The summed E-state index contributed by atoms with van der Waals surface area (Å²) >= 11 is 0. The van der Waals surface area contributed by atoms with E-state index in [1.165, 1.54) is 17.5 Å². The van der Waals surface area contributed by atoms with Crippen molar-refractivity contribution in [2.45, 2.75) is 32.7 Å². The monoisotopic (exact) mass is 221 g/mol. The summed E-state index contributed by atoms with van der Waals surface area (Å²) in [5, 5.41) is 3.30. The van der Waals surface area contributed by atoms with E-state index in [0.717, 1.165) is 19.6 Å². The maximum atomic E-state index is 5.66. The molecule has 0 aliphatic rings. The lowest BCUT2D eigenvalue weighted by Gasteiger charge is -2.17. The fourth-order valence-corrected chi connectivity index (χ4v) is 1.68. The molecule has 0 saturated heterocycles. The molecule has 16 heavy (non-hydrogen) atoms. The Morgan fingerprint density at radius 2 is 2.19 bits per heavy atom. The molecular formula is C14H23NO. The Morgan fingerprint density at radius 1 is 1.38 bits per heavy atom. The molecule has 0 saturated carbocycles. The van der Waals surface area contributed by atoms with Gasteiger partial charge in [-0.2, -0.15) is 0 Å². The number of hydrogen-bond acceptors (Lipinski definition) is 2. The molecule has 2 nitrogen and oxygen atoms in total. The number of hydrogen-bond donors (Lipinski definition) is 1. The first-order chi connectivity index (χ1) is 7.77. The predicted molar refractivity (Wildman–Crippen MR) is 68.7 cm³/mol. The SMILES string of the molecule is CCCCOCC(NC)c1cccc(C)c1. The first-order valence-corrected chi connectivity index (χ1v) is 6.09. The fourth-order valence-electron chi connectivity index (χ4n) is 1.68. The van der Waals surface area contributed by atoms with Gasteiger partial charge in [0.25, 0.3) is 0 Å². The molecule has 0 heterocycles. The molecule has 90 valence electrons. The van der Waals surface area contributed by atoms with Crippen LogP contribution in [0.25, 0.3) is 0 Å². The molecule has 1 rings (SSSR count). The molecule has 0 fully saturated rings. The van der Waals surface area contributed by atoms with Crippen LogP contribution >= 0.6 is 0 Å². The zero-order valence-electron chi connectivity index (χ0n) is 10.6. The van der Waals surface area contributed by atoms with Crippen molar-refractivity contribution < 1.29 is 4.74 Å². The van der Waals surface area contributed by atoms with Crippen molar-refractivity contribution in [3.63, 3.8) is 0 Å². The van der Waals surface area contributed by atoms with Gasteiger partial charge < -0.3 is 10.1 Å². The molecular weight excluding hydrogens is 198 g/mol. The van der Waals surface area contributed by atoms with Crippen LogP contribution in [0.3, 0.4) is 0 Å². The Bertz CT molecular complexity index is 299. The van der Waals surface area contributed by atoms with E-state index in [1.54, 1.807) is 0 Å². The minimum absolute atomic E-state index is 0.303. The summed E-state index contributed by atoms with van der Waals surface area (Å²) in [7, 11) is 1.98. The molecule has 0 spiro atoms. The van der Waals surface area contributed by atoms with Gasteiger partial charge in [0.1, 0.15) is 0 Å². The Labute approximate surface area is 99.0 Å². The van der Waals surface area contributed by atoms with Crippen LogP contribution in [0.15, 0.2) is 24.3 Å². The minimum atomic E-state index is 0.303. The predicted octanol–water partition coefficient (Wildman–Crippen LogP) is 3.07. The Kier molecular flexibility index (Phi) is 6.12. The fraction of sp³-hybridized carbons (Fsp3) is 0.571. The van der Waals surface area contributed by atoms with Gasteiger partial charge in [-0.25, -0.2) is 0 Å². The first kappa shape index (κ1) is 13.2. The van der Waals surface area contributed by atoms with Gasteiger partial charge >= 0.3 is 0 Å². The lowest BCUT2D eigenvalue weighted by atomic mass is 10.1. The van der Waals surface area contributed by atoms with Crippen molar-refractivity contribution in [3.8, 4) is 0 Å². The first-order valence-electron chi connectivity index (χ1n) is 6.09. The lowest BCUT2D eigenvalue weighted by molar-refractivity contribution is 0.111. The molecule has 2 heteroatoms. The van der Waals surface area contributed by atoms with Gasteiger partial charge in [0.2, 0.25) is 0 Å². The summed E-state index contributed by atoms with van der Waals surface area (Å²) in [5.74, 6) is 0. The smallest absolute Gasteiger partial charge is 0.0661 e. The maximum Gasteiger partial charge on any atom is 0.0661 e. The van der Waals surface area contributed by atoms with Gasteiger partial charge in [-0.1, -0.05) is 43.2 Å². The molecule has 1 atom stereocenters. The van der Waals surface area contributed by atoms with E-state index in [2.05, 4.69) is 43.4 Å². The van der Waals surface area contributed by atoms with Crippen LogP contribution in [0.1, 0.15) is 36.9 Å². The average molecular weight is 221 g/mol. The third-order valence-corrected chi connectivity index (χ3v) is 2.72. The summed E-state index contributed by atoms with van der Waals surface area (Å²) in [6.45, 7) is 5.91. The zero-order valence-corrected chi connectivity index (χ0v) is 10.6. The Balaban J connectivity index is 2.47. The normalized spacial score (nSPS) is 12.7. The van der Waals surface area contributed by atoms with Crippen LogP contribution in [-0.2, 0) is 4.74 Å². The van der Waals surface area contributed by atoms with E-state index in [9.17, 15) is 0 Å². The highest BCUT2D eigenvalue weighted by Crippen LogP contribution is 2.14. The molecule has 1 unspecified atom stereocenters. The Hall–Kier alpha value is -0.860. The molecule has 1 aromatic carbocycles. The van der Waals surface area contributed by atoms with Gasteiger partial charge in [0.15, 0.2) is 0 Å². The molecule has 1 N–H and O–H groups in total. The quantitative estimate of drug-likeness (QED) is 0.714. The third kappa shape index (κ3) is 4.33. The van der Waals surface area contributed by atoms with Gasteiger partial charge in [-0.05, 0) is 26.0 Å². The summed E-state index contributed by atoms with van der Waals surface area (Å²) in [6.07, 6.45) is 2.33. The topological polar surface area (TPSA) is 21.3 Å². The Morgan fingerprint density at radius 3 is 2.81 bits per heavy atom. The van der Waals surface area contributed by atoms with Crippen molar-refractivity contribution in [2.75, 3.05) is 20.3 Å². The van der Waals surface area contributed by atoms with Crippen LogP contribution in [0.4, 0.5) is 0 Å². The van der Waals surface area contributed by atoms with E-state index in [-0.39, 0.29) is 0 Å². The van der Waals surface area contributed by atoms with E-state index in [0.29, 0.717) is 6.04 Å². The van der Waals surface area contributed by atoms with Crippen LogP contribution in [0.5, 0.6) is 0 Å². The average Bonchev–Trinajstić information content (AvgIpc) is 2.29. The van der Waals surface area contributed by atoms with Crippen LogP contribution in [-0.4, -0.2) is 20.3 Å². The molecule has 1 aromatic rings. The van der Waals surface area contributed by atoms with Gasteiger partial charge in [0, 0.05) is 6.61 Å². The lowest BCUT2D eigenvalue weighted by Crippen LogP contribution is -2.22. The van der Waals surface area contributed by atoms with E-state index >= 15 is 0 Å². The number of aryl methyl sites for hydroxylation is 1. The maximum absolute atomic E-state index is 5.66. The molecule has 0 bridgehead atoms. The molecule has 0 radical (unpaired) electrons. The van der Waals surface area contributed by atoms with E-state index < -0.39 is 0 Å². The van der Waals surface area contributed by atoms with E-state index in [4.69, 9.17) is 4.74 Å². The molecule has 0 aliphatic heterocycles. The second-order valence-electron chi connectivity index (χ2n) is 4.18. The second kappa shape index (κ2) is 7.42. The van der Waals surface area contributed by atoms with Crippen molar-refractivity contribution >= 4 is 0 Å². The summed E-state index contributed by atoms with van der Waals surface area (Å²) in [4.78, 5) is 0. The summed E-state index contributed by atoms with van der Waals surface area (Å²) in [5.41, 5.74) is 2.60. The van der Waals surface area contributed by atoms with E-state index in [1.807, 2.05) is 7.05 Å².